The van der Waals surface area contributed by atoms with Gasteiger partial charge in [-0.15, -0.1) is 0 Å². The van der Waals surface area contributed by atoms with Crippen LogP contribution in [0, 0.1) is 31.1 Å². The highest BCUT2D eigenvalue weighted by atomic mass is 16.1. The molecule has 0 aliphatic carbocycles. The summed E-state index contributed by atoms with van der Waals surface area (Å²) in [7, 11) is 0. The predicted molar refractivity (Wildman–Crippen MR) is 55.0 cm³/mol. The fraction of sp³-hybridized carbons (Fsp3) is 0.333. The number of hydrogen-bond donors (Lipinski definition) is 0. The topological polar surface area (TPSA) is 40.9 Å². The first kappa shape index (κ1) is 10.5. The second-order valence-electron chi connectivity index (χ2n) is 3.46. The normalized spacial score (nSPS) is 11.9. The first-order valence-electron chi connectivity index (χ1n) is 4.58. The SMILES string of the molecule is Cc1cccc(C(=O)C(C)C#N)c1C. The van der Waals surface area contributed by atoms with E-state index in [9.17, 15) is 4.79 Å². The smallest absolute Gasteiger partial charge is 0.179 e. The zero-order chi connectivity index (χ0) is 10.7. The maximum absolute atomic E-state index is 11.7. The highest BCUT2D eigenvalue weighted by Crippen LogP contribution is 2.16. The number of ketones is 1. The van der Waals surface area contributed by atoms with Crippen LogP contribution in [0.1, 0.15) is 28.4 Å². The molecule has 0 N–H and O–H groups in total. The van der Waals surface area contributed by atoms with Crippen LogP contribution in [0.3, 0.4) is 0 Å². The van der Waals surface area contributed by atoms with Gasteiger partial charge in [-0.05, 0) is 31.9 Å². The summed E-state index contributed by atoms with van der Waals surface area (Å²) in [5, 5.41) is 8.66. The van der Waals surface area contributed by atoms with Gasteiger partial charge < -0.3 is 0 Å². The number of aryl methyl sites for hydroxylation is 1. The molecule has 0 heterocycles. The first-order chi connectivity index (χ1) is 6.57. The Kier molecular flexibility index (Phi) is 3.03. The van der Waals surface area contributed by atoms with Crippen LogP contribution in [0.2, 0.25) is 0 Å². The Hall–Kier alpha value is -1.62. The third-order valence-electron chi connectivity index (χ3n) is 2.46. The monoisotopic (exact) mass is 187 g/mol. The zero-order valence-corrected chi connectivity index (χ0v) is 8.66. The fourth-order valence-electron chi connectivity index (χ4n) is 1.31. The highest BCUT2D eigenvalue weighted by Gasteiger charge is 2.16. The number of hydrogen-bond acceptors (Lipinski definition) is 2. The molecule has 0 aliphatic heterocycles. The van der Waals surface area contributed by atoms with Gasteiger partial charge in [0.15, 0.2) is 5.78 Å². The van der Waals surface area contributed by atoms with Crippen molar-refractivity contribution in [1.29, 1.82) is 5.26 Å². The standard InChI is InChI=1S/C12H13NO/c1-8-5-4-6-11(10(8)3)12(14)9(2)7-13/h4-6,9H,1-3H3. The first-order valence-corrected chi connectivity index (χ1v) is 4.58. The lowest BCUT2D eigenvalue weighted by atomic mass is 9.94. The minimum absolute atomic E-state index is 0.0892. The Balaban J connectivity index is 3.15. The largest absolute Gasteiger partial charge is 0.293 e. The van der Waals surface area contributed by atoms with E-state index in [1.54, 1.807) is 13.0 Å². The van der Waals surface area contributed by atoms with Gasteiger partial charge in [-0.1, -0.05) is 18.2 Å². The lowest BCUT2D eigenvalue weighted by molar-refractivity contribution is 0.0956. The molecule has 0 aromatic heterocycles. The van der Waals surface area contributed by atoms with Crippen molar-refractivity contribution in [3.8, 4) is 6.07 Å². The third kappa shape index (κ3) is 1.82. The molecule has 0 aliphatic rings. The summed E-state index contributed by atoms with van der Waals surface area (Å²) in [5.41, 5.74) is 2.72. The number of nitrogens with zero attached hydrogens (tertiary/aromatic N) is 1. The lowest BCUT2D eigenvalue weighted by Crippen LogP contribution is -2.11. The van der Waals surface area contributed by atoms with E-state index in [-0.39, 0.29) is 5.78 Å². The Labute approximate surface area is 84.2 Å². The molecule has 1 aromatic carbocycles. The van der Waals surface area contributed by atoms with Crippen molar-refractivity contribution < 1.29 is 4.79 Å². The van der Waals surface area contributed by atoms with E-state index in [1.807, 2.05) is 32.0 Å². The Morgan fingerprint density at radius 3 is 2.64 bits per heavy atom. The molecule has 1 rings (SSSR count). The number of Topliss-reactive ketones (excluding diaryl/α,β-unsaturated/α-hetero) is 1. The van der Waals surface area contributed by atoms with Crippen molar-refractivity contribution in [1.82, 2.24) is 0 Å². The molecule has 1 aromatic rings. The number of benzene rings is 1. The second kappa shape index (κ2) is 4.06. The molecule has 0 radical (unpaired) electrons. The maximum Gasteiger partial charge on any atom is 0.179 e. The molecule has 0 spiro atoms. The van der Waals surface area contributed by atoms with Gasteiger partial charge in [0.05, 0.1) is 6.07 Å². The summed E-state index contributed by atoms with van der Waals surface area (Å²) in [6, 6.07) is 7.54. The van der Waals surface area contributed by atoms with Gasteiger partial charge in [0, 0.05) is 5.56 Å². The van der Waals surface area contributed by atoms with E-state index in [2.05, 4.69) is 0 Å². The lowest BCUT2D eigenvalue weighted by Gasteiger charge is -2.08. The van der Waals surface area contributed by atoms with E-state index in [1.165, 1.54) is 0 Å². The molecule has 1 unspecified atom stereocenters. The van der Waals surface area contributed by atoms with Crippen LogP contribution in [-0.4, -0.2) is 5.78 Å². The van der Waals surface area contributed by atoms with Crippen LogP contribution >= 0.6 is 0 Å². The van der Waals surface area contributed by atoms with Gasteiger partial charge in [0.1, 0.15) is 5.92 Å². The van der Waals surface area contributed by atoms with Crippen LogP contribution in [-0.2, 0) is 0 Å². The molecule has 0 amide bonds. The van der Waals surface area contributed by atoms with Crippen LogP contribution in [0.4, 0.5) is 0 Å². The summed E-state index contributed by atoms with van der Waals surface area (Å²) in [4.78, 5) is 11.7. The molecular weight excluding hydrogens is 174 g/mol. The van der Waals surface area contributed by atoms with Crippen LogP contribution in [0.15, 0.2) is 18.2 Å². The van der Waals surface area contributed by atoms with Gasteiger partial charge in [0.25, 0.3) is 0 Å². The summed E-state index contributed by atoms with van der Waals surface area (Å²) < 4.78 is 0. The molecule has 2 nitrogen and oxygen atoms in total. The fourth-order valence-corrected chi connectivity index (χ4v) is 1.31. The van der Waals surface area contributed by atoms with Crippen molar-refractivity contribution in [3.63, 3.8) is 0 Å². The number of rotatable bonds is 2. The third-order valence-corrected chi connectivity index (χ3v) is 2.46. The van der Waals surface area contributed by atoms with Crippen LogP contribution in [0.5, 0.6) is 0 Å². The number of carbonyl (C=O) groups excluding carboxylic acids is 1. The van der Waals surface area contributed by atoms with E-state index < -0.39 is 5.92 Å². The highest BCUT2D eigenvalue weighted by molar-refractivity contribution is 6.00. The quantitative estimate of drug-likeness (QED) is 0.668. The molecular formula is C12H13NO. The van der Waals surface area contributed by atoms with Crippen LogP contribution < -0.4 is 0 Å². The molecule has 1 atom stereocenters. The Bertz CT molecular complexity index is 401. The molecule has 72 valence electrons. The van der Waals surface area contributed by atoms with Crippen molar-refractivity contribution in [3.05, 3.63) is 34.9 Å². The van der Waals surface area contributed by atoms with Crippen LogP contribution in [0.25, 0.3) is 0 Å². The second-order valence-corrected chi connectivity index (χ2v) is 3.46. The molecule has 0 saturated carbocycles. The Morgan fingerprint density at radius 1 is 1.43 bits per heavy atom. The zero-order valence-electron chi connectivity index (χ0n) is 8.66. The van der Waals surface area contributed by atoms with E-state index in [0.29, 0.717) is 5.56 Å². The molecule has 2 heteroatoms. The summed E-state index contributed by atoms with van der Waals surface area (Å²) >= 11 is 0. The van der Waals surface area contributed by atoms with Gasteiger partial charge in [-0.25, -0.2) is 0 Å². The maximum atomic E-state index is 11.7. The van der Waals surface area contributed by atoms with Crippen molar-refractivity contribution >= 4 is 5.78 Å². The molecule has 14 heavy (non-hydrogen) atoms. The molecule has 0 fully saturated rings. The van der Waals surface area contributed by atoms with E-state index in [0.717, 1.165) is 11.1 Å². The summed E-state index contributed by atoms with van der Waals surface area (Å²) in [5.74, 6) is -0.649. The number of carbonyl (C=O) groups is 1. The summed E-state index contributed by atoms with van der Waals surface area (Å²) in [6.07, 6.45) is 0. The van der Waals surface area contributed by atoms with E-state index >= 15 is 0 Å². The van der Waals surface area contributed by atoms with Gasteiger partial charge >= 0.3 is 0 Å². The van der Waals surface area contributed by atoms with E-state index in [4.69, 9.17) is 5.26 Å². The average Bonchev–Trinajstić information content (AvgIpc) is 2.20. The van der Waals surface area contributed by atoms with Crippen molar-refractivity contribution in [2.75, 3.05) is 0 Å². The van der Waals surface area contributed by atoms with Gasteiger partial charge in [-0.2, -0.15) is 5.26 Å². The average molecular weight is 187 g/mol. The molecule has 0 bridgehead atoms. The van der Waals surface area contributed by atoms with Gasteiger partial charge in [0.2, 0.25) is 0 Å². The van der Waals surface area contributed by atoms with Crippen molar-refractivity contribution in [2.24, 2.45) is 5.92 Å². The minimum Gasteiger partial charge on any atom is -0.293 e. The van der Waals surface area contributed by atoms with Crippen molar-refractivity contribution in [2.45, 2.75) is 20.8 Å². The predicted octanol–water partition coefficient (Wildman–Crippen LogP) is 2.65. The molecule has 0 saturated heterocycles. The number of nitriles is 1. The van der Waals surface area contributed by atoms with Gasteiger partial charge in [-0.3, -0.25) is 4.79 Å². The Morgan fingerprint density at radius 2 is 2.07 bits per heavy atom. The summed E-state index contributed by atoms with van der Waals surface area (Å²) in [6.45, 7) is 5.50. The minimum atomic E-state index is -0.560.